The van der Waals surface area contributed by atoms with E-state index in [1.54, 1.807) is 6.20 Å². The van der Waals surface area contributed by atoms with Gasteiger partial charge in [0.25, 0.3) is 5.56 Å². The number of thioether (sulfide) groups is 1. The average molecular weight is 272 g/mol. The molecule has 7 heteroatoms. The molecule has 0 aliphatic carbocycles. The van der Waals surface area contributed by atoms with Gasteiger partial charge in [-0.2, -0.15) is 0 Å². The molecule has 0 unspecified atom stereocenters. The van der Waals surface area contributed by atoms with Gasteiger partial charge in [0.1, 0.15) is 0 Å². The predicted molar refractivity (Wildman–Crippen MR) is 68.8 cm³/mol. The minimum Gasteiger partial charge on any atom is -0.395 e. The van der Waals surface area contributed by atoms with Gasteiger partial charge in [-0.05, 0) is 6.42 Å². The van der Waals surface area contributed by atoms with Crippen molar-refractivity contribution in [2.24, 2.45) is 0 Å². The summed E-state index contributed by atoms with van der Waals surface area (Å²) in [6.07, 6.45) is 1.85. The van der Waals surface area contributed by atoms with E-state index >= 15 is 0 Å². The van der Waals surface area contributed by atoms with Gasteiger partial charge in [-0.15, -0.1) is 11.8 Å². The van der Waals surface area contributed by atoms with Crippen molar-refractivity contribution in [1.82, 2.24) is 9.55 Å². The number of aryl methyl sites for hydroxylation is 1. The highest BCUT2D eigenvalue weighted by Gasteiger charge is 2.34. The number of aromatic nitrogens is 2. The monoisotopic (exact) mass is 272 g/mol. The van der Waals surface area contributed by atoms with Crippen molar-refractivity contribution in [3.8, 4) is 0 Å². The molecule has 1 aromatic heterocycles. The maximum Gasteiger partial charge on any atom is 0.329 e. The average Bonchev–Trinajstić information content (AvgIpc) is 2.70. The number of hydrogen-bond donors (Lipinski definition) is 3. The SMILES string of the molecule is CCc1cn([C@H]2C[C@H](O)[C@@H](CO)S2)c(=O)[nH]c1=O. The van der Waals surface area contributed by atoms with E-state index in [2.05, 4.69) is 4.98 Å². The molecule has 1 aliphatic rings. The van der Waals surface area contributed by atoms with E-state index in [-0.39, 0.29) is 22.8 Å². The molecule has 2 rings (SSSR count). The highest BCUT2D eigenvalue weighted by Crippen LogP contribution is 2.40. The van der Waals surface area contributed by atoms with Crippen LogP contribution in [0.1, 0.15) is 24.3 Å². The minimum absolute atomic E-state index is 0.124. The fraction of sp³-hybridized carbons (Fsp3) is 0.636. The van der Waals surface area contributed by atoms with E-state index in [1.807, 2.05) is 6.92 Å². The van der Waals surface area contributed by atoms with Gasteiger partial charge in [-0.1, -0.05) is 6.92 Å². The van der Waals surface area contributed by atoms with Gasteiger partial charge in [-0.25, -0.2) is 4.79 Å². The first-order chi connectivity index (χ1) is 8.56. The van der Waals surface area contributed by atoms with E-state index in [0.717, 1.165) is 0 Å². The van der Waals surface area contributed by atoms with Crippen molar-refractivity contribution in [2.45, 2.75) is 36.5 Å². The molecule has 3 atom stereocenters. The molecule has 0 spiro atoms. The highest BCUT2D eigenvalue weighted by atomic mass is 32.2. The molecule has 0 radical (unpaired) electrons. The molecule has 3 N–H and O–H groups in total. The van der Waals surface area contributed by atoms with Crippen LogP contribution in [0.4, 0.5) is 0 Å². The van der Waals surface area contributed by atoms with Crippen LogP contribution in [-0.4, -0.2) is 37.7 Å². The van der Waals surface area contributed by atoms with Crippen LogP contribution in [-0.2, 0) is 6.42 Å². The molecule has 100 valence electrons. The Morgan fingerprint density at radius 1 is 1.56 bits per heavy atom. The second kappa shape index (κ2) is 5.29. The number of aliphatic hydroxyl groups excluding tert-OH is 2. The van der Waals surface area contributed by atoms with Crippen molar-refractivity contribution < 1.29 is 10.2 Å². The molecule has 1 saturated heterocycles. The number of nitrogens with zero attached hydrogens (tertiary/aromatic N) is 1. The third-order valence-electron chi connectivity index (χ3n) is 3.12. The number of rotatable bonds is 3. The molecule has 1 aromatic rings. The number of H-pyrrole nitrogens is 1. The first kappa shape index (κ1) is 13.4. The highest BCUT2D eigenvalue weighted by molar-refractivity contribution is 8.00. The van der Waals surface area contributed by atoms with Gasteiger partial charge in [0, 0.05) is 18.2 Å². The van der Waals surface area contributed by atoms with Crippen LogP contribution >= 0.6 is 11.8 Å². The molecular formula is C11H16N2O4S. The van der Waals surface area contributed by atoms with Crippen LogP contribution in [0, 0.1) is 0 Å². The topological polar surface area (TPSA) is 95.3 Å². The molecule has 6 nitrogen and oxygen atoms in total. The predicted octanol–water partition coefficient (Wildman–Crippen LogP) is -0.544. The third-order valence-corrected chi connectivity index (χ3v) is 4.66. The summed E-state index contributed by atoms with van der Waals surface area (Å²) in [6.45, 7) is 1.72. The lowest BCUT2D eigenvalue weighted by molar-refractivity contribution is 0.137. The van der Waals surface area contributed by atoms with Crippen molar-refractivity contribution in [2.75, 3.05) is 6.61 Å². The van der Waals surface area contributed by atoms with Gasteiger partial charge in [0.2, 0.25) is 0 Å². The zero-order chi connectivity index (χ0) is 13.3. The lowest BCUT2D eigenvalue weighted by atomic mass is 10.2. The summed E-state index contributed by atoms with van der Waals surface area (Å²) in [5, 5.41) is 18.3. The second-order valence-electron chi connectivity index (χ2n) is 4.29. The lowest BCUT2D eigenvalue weighted by Crippen LogP contribution is -2.32. The lowest BCUT2D eigenvalue weighted by Gasteiger charge is -2.13. The Hall–Kier alpha value is -1.05. The minimum atomic E-state index is -0.631. The van der Waals surface area contributed by atoms with Crippen molar-refractivity contribution in [1.29, 1.82) is 0 Å². The molecule has 0 bridgehead atoms. The standard InChI is InChI=1S/C11H16N2O4S/c1-2-6-4-13(11(17)12-10(6)16)9-3-7(15)8(5-14)18-9/h4,7-9,14-15H,2-3,5H2,1H3,(H,12,16,17)/t7-,8+,9+/m0/s1. The smallest absolute Gasteiger partial charge is 0.329 e. The number of nitrogens with one attached hydrogen (secondary N) is 1. The third kappa shape index (κ3) is 2.38. The van der Waals surface area contributed by atoms with Gasteiger partial charge < -0.3 is 10.2 Å². The summed E-state index contributed by atoms with van der Waals surface area (Å²) in [6, 6.07) is 0. The van der Waals surface area contributed by atoms with E-state index in [0.29, 0.717) is 18.4 Å². The van der Waals surface area contributed by atoms with E-state index in [9.17, 15) is 14.7 Å². The summed E-state index contributed by atoms with van der Waals surface area (Å²) < 4.78 is 1.43. The van der Waals surface area contributed by atoms with Crippen molar-refractivity contribution >= 4 is 11.8 Å². The molecule has 0 amide bonds. The quantitative estimate of drug-likeness (QED) is 0.686. The zero-order valence-electron chi connectivity index (χ0n) is 10.00. The fourth-order valence-corrected chi connectivity index (χ4v) is 3.42. The molecular weight excluding hydrogens is 256 g/mol. The Bertz CT molecular complexity index is 539. The number of hydrogen-bond acceptors (Lipinski definition) is 5. The van der Waals surface area contributed by atoms with Crippen molar-refractivity contribution in [3.05, 3.63) is 32.6 Å². The van der Waals surface area contributed by atoms with Crippen LogP contribution < -0.4 is 11.2 Å². The van der Waals surface area contributed by atoms with Gasteiger partial charge in [0.15, 0.2) is 0 Å². The van der Waals surface area contributed by atoms with Crippen LogP contribution in [0.3, 0.4) is 0 Å². The largest absolute Gasteiger partial charge is 0.395 e. The zero-order valence-corrected chi connectivity index (χ0v) is 10.8. The van der Waals surface area contributed by atoms with E-state index in [4.69, 9.17) is 5.11 Å². The van der Waals surface area contributed by atoms with E-state index < -0.39 is 11.8 Å². The molecule has 0 aromatic carbocycles. The van der Waals surface area contributed by atoms with E-state index in [1.165, 1.54) is 16.3 Å². The molecule has 18 heavy (non-hydrogen) atoms. The Labute approximate surface area is 108 Å². The first-order valence-corrected chi connectivity index (χ1v) is 6.79. The first-order valence-electron chi connectivity index (χ1n) is 5.85. The van der Waals surface area contributed by atoms with Crippen LogP contribution in [0.15, 0.2) is 15.8 Å². The maximum atomic E-state index is 11.7. The summed E-state index contributed by atoms with van der Waals surface area (Å²) in [5.74, 6) is 0. The Kier molecular flexibility index (Phi) is 3.94. The van der Waals surface area contributed by atoms with Gasteiger partial charge >= 0.3 is 5.69 Å². The summed E-state index contributed by atoms with van der Waals surface area (Å²) in [5.41, 5.74) is -0.293. The van der Waals surface area contributed by atoms with Crippen molar-refractivity contribution in [3.63, 3.8) is 0 Å². The van der Waals surface area contributed by atoms with Gasteiger partial charge in [0.05, 0.1) is 23.3 Å². The normalized spacial score (nSPS) is 27.6. The summed E-state index contributed by atoms with van der Waals surface area (Å²) in [4.78, 5) is 25.5. The number of aliphatic hydroxyl groups is 2. The number of aromatic amines is 1. The Balaban J connectivity index is 2.35. The molecule has 1 aliphatic heterocycles. The summed E-state index contributed by atoms with van der Waals surface area (Å²) >= 11 is 1.35. The molecule has 0 saturated carbocycles. The van der Waals surface area contributed by atoms with Gasteiger partial charge in [-0.3, -0.25) is 14.3 Å². The van der Waals surface area contributed by atoms with Crippen LogP contribution in [0.25, 0.3) is 0 Å². The maximum absolute atomic E-state index is 11.7. The van der Waals surface area contributed by atoms with Crippen LogP contribution in [0.2, 0.25) is 0 Å². The Morgan fingerprint density at radius 2 is 2.28 bits per heavy atom. The van der Waals surface area contributed by atoms with Crippen LogP contribution in [0.5, 0.6) is 0 Å². The second-order valence-corrected chi connectivity index (χ2v) is 5.71. The molecule has 1 fully saturated rings. The summed E-state index contributed by atoms with van der Waals surface area (Å²) in [7, 11) is 0. The Morgan fingerprint density at radius 3 is 2.83 bits per heavy atom. The molecule has 2 heterocycles. The fourth-order valence-electron chi connectivity index (χ4n) is 2.04.